The first-order valence-corrected chi connectivity index (χ1v) is 7.41. The van der Waals surface area contributed by atoms with Gasteiger partial charge in [0.15, 0.2) is 0 Å². The predicted octanol–water partition coefficient (Wildman–Crippen LogP) is 3.18. The van der Waals surface area contributed by atoms with Crippen LogP contribution in [0.15, 0.2) is 0 Å². The maximum absolute atomic E-state index is 5.24. The molecule has 5 heteroatoms. The van der Waals surface area contributed by atoms with Crippen LogP contribution in [0.3, 0.4) is 0 Å². The van der Waals surface area contributed by atoms with Gasteiger partial charge < -0.3 is 15.4 Å². The van der Waals surface area contributed by atoms with E-state index >= 15 is 0 Å². The molecule has 1 atom stereocenters. The van der Waals surface area contributed by atoms with E-state index in [-0.39, 0.29) is 6.04 Å². The van der Waals surface area contributed by atoms with Gasteiger partial charge in [0.1, 0.15) is 17.5 Å². The lowest BCUT2D eigenvalue weighted by Crippen LogP contribution is -2.26. The molecule has 1 rings (SSSR count). The molecule has 0 saturated carbocycles. The van der Waals surface area contributed by atoms with Crippen molar-refractivity contribution in [1.82, 2.24) is 9.97 Å². The summed E-state index contributed by atoms with van der Waals surface area (Å²) in [5, 5.41) is 6.79. The zero-order chi connectivity index (χ0) is 15.1. The first-order chi connectivity index (χ1) is 9.53. The molecule has 0 radical (unpaired) electrons. The minimum Gasteiger partial charge on any atom is -0.383 e. The Bertz CT molecular complexity index is 421. The summed E-state index contributed by atoms with van der Waals surface area (Å²) >= 11 is 0. The van der Waals surface area contributed by atoms with E-state index in [0.29, 0.717) is 12.5 Å². The average molecular weight is 280 g/mol. The molecule has 0 aromatic carbocycles. The molecule has 0 aliphatic carbocycles. The van der Waals surface area contributed by atoms with Crippen LogP contribution in [0.1, 0.15) is 51.4 Å². The number of rotatable bonds is 8. The number of anilines is 2. The van der Waals surface area contributed by atoms with E-state index < -0.39 is 0 Å². The number of hydrogen-bond acceptors (Lipinski definition) is 5. The van der Waals surface area contributed by atoms with Crippen LogP contribution in [-0.4, -0.2) is 36.3 Å². The molecule has 1 aromatic heterocycles. The number of nitrogens with one attached hydrogen (secondary N) is 2. The maximum atomic E-state index is 5.24. The predicted molar refractivity (Wildman–Crippen MR) is 84.6 cm³/mol. The van der Waals surface area contributed by atoms with Gasteiger partial charge in [-0.25, -0.2) is 9.97 Å². The number of nitrogens with zero attached hydrogens (tertiary/aromatic N) is 2. The van der Waals surface area contributed by atoms with Crippen LogP contribution in [-0.2, 0) is 4.74 Å². The van der Waals surface area contributed by atoms with Gasteiger partial charge in [-0.3, -0.25) is 0 Å². The van der Waals surface area contributed by atoms with Gasteiger partial charge in [0.05, 0.1) is 12.6 Å². The fourth-order valence-electron chi connectivity index (χ4n) is 1.93. The van der Waals surface area contributed by atoms with Gasteiger partial charge in [0, 0.05) is 25.1 Å². The summed E-state index contributed by atoms with van der Waals surface area (Å²) in [6.45, 7) is 12.0. The van der Waals surface area contributed by atoms with Crippen LogP contribution < -0.4 is 10.6 Å². The van der Waals surface area contributed by atoms with Crippen LogP contribution in [0, 0.1) is 6.92 Å². The highest BCUT2D eigenvalue weighted by molar-refractivity contribution is 5.57. The van der Waals surface area contributed by atoms with E-state index in [1.807, 2.05) is 6.92 Å². The van der Waals surface area contributed by atoms with Gasteiger partial charge in [0.2, 0.25) is 0 Å². The van der Waals surface area contributed by atoms with Crippen molar-refractivity contribution in [3.05, 3.63) is 11.4 Å². The van der Waals surface area contributed by atoms with Crippen molar-refractivity contribution in [1.29, 1.82) is 0 Å². The topological polar surface area (TPSA) is 59.1 Å². The quantitative estimate of drug-likeness (QED) is 0.766. The minimum atomic E-state index is 0.267. The SMILES string of the molecule is CCNc1nc(C(C)C)nc(NC(CC)COC)c1C. The average Bonchev–Trinajstić information content (AvgIpc) is 2.42. The van der Waals surface area contributed by atoms with Crippen LogP contribution in [0.5, 0.6) is 0 Å². The van der Waals surface area contributed by atoms with Gasteiger partial charge in [-0.1, -0.05) is 20.8 Å². The molecule has 5 nitrogen and oxygen atoms in total. The Morgan fingerprint density at radius 1 is 1.15 bits per heavy atom. The fourth-order valence-corrected chi connectivity index (χ4v) is 1.93. The van der Waals surface area contributed by atoms with Gasteiger partial charge in [-0.2, -0.15) is 0 Å². The molecule has 1 heterocycles. The smallest absolute Gasteiger partial charge is 0.135 e. The van der Waals surface area contributed by atoms with E-state index in [0.717, 1.165) is 36.0 Å². The summed E-state index contributed by atoms with van der Waals surface area (Å²) < 4.78 is 5.24. The Labute approximate surface area is 122 Å². The van der Waals surface area contributed by atoms with Crippen molar-refractivity contribution in [2.75, 3.05) is 30.9 Å². The molecule has 114 valence electrons. The molecule has 20 heavy (non-hydrogen) atoms. The van der Waals surface area contributed by atoms with E-state index in [1.165, 1.54) is 0 Å². The zero-order valence-corrected chi connectivity index (χ0v) is 13.6. The summed E-state index contributed by atoms with van der Waals surface area (Å²) in [5.41, 5.74) is 1.06. The molecule has 2 N–H and O–H groups in total. The van der Waals surface area contributed by atoms with Gasteiger partial charge >= 0.3 is 0 Å². The van der Waals surface area contributed by atoms with Crippen molar-refractivity contribution >= 4 is 11.6 Å². The highest BCUT2D eigenvalue weighted by Crippen LogP contribution is 2.24. The van der Waals surface area contributed by atoms with Crippen LogP contribution >= 0.6 is 0 Å². The Morgan fingerprint density at radius 2 is 1.80 bits per heavy atom. The first kappa shape index (κ1) is 16.7. The monoisotopic (exact) mass is 280 g/mol. The minimum absolute atomic E-state index is 0.267. The van der Waals surface area contributed by atoms with Crippen LogP contribution in [0.4, 0.5) is 11.6 Å². The Morgan fingerprint density at radius 3 is 2.30 bits per heavy atom. The van der Waals surface area contributed by atoms with Crippen molar-refractivity contribution in [3.63, 3.8) is 0 Å². The standard InChI is InChI=1S/C15H28N4O/c1-7-12(9-20-6)17-15-11(5)14(16-8-2)18-13(19-15)10(3)4/h10,12H,7-9H2,1-6H3,(H2,16,17,18,19). The normalized spacial score (nSPS) is 12.6. The third-order valence-electron chi connectivity index (χ3n) is 3.23. The molecular weight excluding hydrogens is 252 g/mol. The Balaban J connectivity index is 3.09. The van der Waals surface area contributed by atoms with Gasteiger partial charge in [-0.05, 0) is 20.3 Å². The molecule has 0 aliphatic rings. The highest BCUT2D eigenvalue weighted by Gasteiger charge is 2.15. The van der Waals surface area contributed by atoms with Gasteiger partial charge in [-0.15, -0.1) is 0 Å². The molecule has 0 bridgehead atoms. The summed E-state index contributed by atoms with van der Waals surface area (Å²) in [7, 11) is 1.72. The first-order valence-electron chi connectivity index (χ1n) is 7.41. The molecule has 0 saturated heterocycles. The lowest BCUT2D eigenvalue weighted by Gasteiger charge is -2.20. The van der Waals surface area contributed by atoms with Crippen LogP contribution in [0.25, 0.3) is 0 Å². The van der Waals surface area contributed by atoms with Crippen molar-refractivity contribution < 1.29 is 4.74 Å². The van der Waals surface area contributed by atoms with Crippen molar-refractivity contribution in [2.45, 2.75) is 53.0 Å². The highest BCUT2D eigenvalue weighted by atomic mass is 16.5. The Hall–Kier alpha value is -1.36. The molecule has 0 amide bonds. The number of hydrogen-bond donors (Lipinski definition) is 2. The fraction of sp³-hybridized carbons (Fsp3) is 0.733. The summed E-state index contributed by atoms with van der Waals surface area (Å²) in [5.74, 6) is 2.99. The Kier molecular flexibility index (Phi) is 6.71. The lowest BCUT2D eigenvalue weighted by molar-refractivity contribution is 0.184. The maximum Gasteiger partial charge on any atom is 0.135 e. The van der Waals surface area contributed by atoms with Crippen LogP contribution in [0.2, 0.25) is 0 Å². The second-order valence-electron chi connectivity index (χ2n) is 5.29. The van der Waals surface area contributed by atoms with Crippen molar-refractivity contribution in [3.8, 4) is 0 Å². The molecule has 1 unspecified atom stereocenters. The van der Waals surface area contributed by atoms with E-state index in [4.69, 9.17) is 4.74 Å². The number of ether oxygens (including phenoxy) is 1. The summed E-state index contributed by atoms with van der Waals surface area (Å²) in [6, 6.07) is 0.267. The number of methoxy groups -OCH3 is 1. The molecule has 0 fully saturated rings. The number of aromatic nitrogens is 2. The van der Waals surface area contributed by atoms with E-state index in [9.17, 15) is 0 Å². The molecule has 0 spiro atoms. The molecular formula is C15H28N4O. The zero-order valence-electron chi connectivity index (χ0n) is 13.6. The summed E-state index contributed by atoms with van der Waals surface area (Å²) in [4.78, 5) is 9.27. The second kappa shape index (κ2) is 8.04. The second-order valence-corrected chi connectivity index (χ2v) is 5.29. The third-order valence-corrected chi connectivity index (χ3v) is 3.23. The lowest BCUT2D eigenvalue weighted by atomic mass is 10.2. The largest absolute Gasteiger partial charge is 0.383 e. The van der Waals surface area contributed by atoms with Gasteiger partial charge in [0.25, 0.3) is 0 Å². The molecule has 0 aliphatic heterocycles. The molecule has 1 aromatic rings. The van der Waals surface area contributed by atoms with E-state index in [2.05, 4.69) is 48.3 Å². The van der Waals surface area contributed by atoms with Crippen molar-refractivity contribution in [2.24, 2.45) is 0 Å². The third kappa shape index (κ3) is 4.34. The van der Waals surface area contributed by atoms with E-state index in [1.54, 1.807) is 7.11 Å². The summed E-state index contributed by atoms with van der Waals surface area (Å²) in [6.07, 6.45) is 0.991.